The highest BCUT2D eigenvalue weighted by molar-refractivity contribution is 5.55. The largest absolute Gasteiger partial charge is 0.313 e. The molecule has 1 N–H and O–H groups in total. The molecule has 0 saturated carbocycles. The molecule has 0 saturated heterocycles. The van der Waals surface area contributed by atoms with Crippen molar-refractivity contribution in [3.8, 4) is 0 Å². The van der Waals surface area contributed by atoms with Gasteiger partial charge in [-0.1, -0.05) is 13.0 Å². The van der Waals surface area contributed by atoms with E-state index in [0.717, 1.165) is 24.1 Å². The van der Waals surface area contributed by atoms with Crippen LogP contribution in [0.3, 0.4) is 0 Å². The van der Waals surface area contributed by atoms with E-state index in [2.05, 4.69) is 34.6 Å². The maximum Gasteiger partial charge on any atom is 0.0709 e. The molecule has 0 radical (unpaired) electrons. The van der Waals surface area contributed by atoms with Gasteiger partial charge in [0.2, 0.25) is 0 Å². The Hall–Kier alpha value is -2.14. The summed E-state index contributed by atoms with van der Waals surface area (Å²) in [4.78, 5) is 0. The van der Waals surface area contributed by atoms with Gasteiger partial charge in [-0.2, -0.15) is 10.2 Å². The molecule has 5 heteroatoms. The maximum absolute atomic E-state index is 4.53. The molecule has 1 unspecified atom stereocenters. The highest BCUT2D eigenvalue weighted by atomic mass is 15.3. The molecule has 3 rings (SSSR count). The van der Waals surface area contributed by atoms with E-state index < -0.39 is 0 Å². The van der Waals surface area contributed by atoms with Crippen molar-refractivity contribution in [1.29, 1.82) is 0 Å². The van der Waals surface area contributed by atoms with Crippen molar-refractivity contribution in [2.45, 2.75) is 25.8 Å². The van der Waals surface area contributed by atoms with Crippen LogP contribution in [0, 0.1) is 0 Å². The maximum atomic E-state index is 4.53. The Morgan fingerprint density at radius 2 is 2.19 bits per heavy atom. The van der Waals surface area contributed by atoms with Crippen molar-refractivity contribution in [1.82, 2.24) is 24.7 Å². The van der Waals surface area contributed by atoms with E-state index in [1.807, 2.05) is 47.8 Å². The van der Waals surface area contributed by atoms with Gasteiger partial charge >= 0.3 is 0 Å². The smallest absolute Gasteiger partial charge is 0.0709 e. The van der Waals surface area contributed by atoms with E-state index in [-0.39, 0.29) is 6.04 Å². The van der Waals surface area contributed by atoms with Crippen LogP contribution in [-0.4, -0.2) is 26.4 Å². The number of likely N-dealkylation sites (N-methyl/N-ethyl adjacent to an activating group) is 1. The molecule has 110 valence electrons. The number of aryl methyl sites for hydroxylation is 2. The third-order valence-electron chi connectivity index (χ3n) is 3.98. The summed E-state index contributed by atoms with van der Waals surface area (Å²) < 4.78 is 3.90. The number of nitrogens with one attached hydrogen (secondary N) is 1. The summed E-state index contributed by atoms with van der Waals surface area (Å²) in [7, 11) is 4.01. The number of hydrogen-bond donors (Lipinski definition) is 1. The lowest BCUT2D eigenvalue weighted by atomic mass is 10.0. The molecular weight excluding hydrogens is 262 g/mol. The first-order valence-corrected chi connectivity index (χ1v) is 7.34. The summed E-state index contributed by atoms with van der Waals surface area (Å²) in [5.41, 5.74) is 4.75. The monoisotopic (exact) mass is 283 g/mol. The molecule has 5 nitrogen and oxygen atoms in total. The van der Waals surface area contributed by atoms with E-state index in [9.17, 15) is 0 Å². The minimum Gasteiger partial charge on any atom is -0.313 e. The van der Waals surface area contributed by atoms with Gasteiger partial charge in [0, 0.05) is 37.0 Å². The third kappa shape index (κ3) is 2.56. The minimum absolute atomic E-state index is 0.227. The molecule has 0 fully saturated rings. The lowest BCUT2D eigenvalue weighted by molar-refractivity contribution is 0.564. The van der Waals surface area contributed by atoms with Gasteiger partial charge in [0.05, 0.1) is 17.4 Å². The summed E-state index contributed by atoms with van der Waals surface area (Å²) in [5, 5.41) is 12.4. The summed E-state index contributed by atoms with van der Waals surface area (Å²) in [6.45, 7) is 2.13. The molecule has 3 heterocycles. The van der Waals surface area contributed by atoms with E-state index in [0.29, 0.717) is 0 Å². The molecular formula is C16H21N5. The van der Waals surface area contributed by atoms with Crippen LogP contribution in [0.5, 0.6) is 0 Å². The standard InChI is InChI=1S/C16H21N5/c1-4-12-9-13(20(3)19-12)10-15(17-2)14-11-18-21-8-6-5-7-16(14)21/h5-9,11,15,17H,4,10H2,1-3H3. The van der Waals surface area contributed by atoms with Crippen molar-refractivity contribution in [2.75, 3.05) is 7.05 Å². The number of pyridine rings is 1. The van der Waals surface area contributed by atoms with Crippen LogP contribution in [0.25, 0.3) is 5.52 Å². The van der Waals surface area contributed by atoms with Crippen LogP contribution in [0.1, 0.15) is 29.9 Å². The normalized spacial score (nSPS) is 12.9. The summed E-state index contributed by atoms with van der Waals surface area (Å²) >= 11 is 0. The quantitative estimate of drug-likeness (QED) is 0.780. The first-order chi connectivity index (χ1) is 10.2. The summed E-state index contributed by atoms with van der Waals surface area (Å²) in [5.74, 6) is 0. The van der Waals surface area contributed by atoms with Gasteiger partial charge in [0.15, 0.2) is 0 Å². The number of fused-ring (bicyclic) bond motifs is 1. The molecule has 0 aromatic carbocycles. The molecule has 0 amide bonds. The molecule has 21 heavy (non-hydrogen) atoms. The fraction of sp³-hybridized carbons (Fsp3) is 0.375. The Morgan fingerprint density at radius 3 is 2.90 bits per heavy atom. The van der Waals surface area contributed by atoms with Gasteiger partial charge in [-0.15, -0.1) is 0 Å². The second-order valence-electron chi connectivity index (χ2n) is 5.28. The summed E-state index contributed by atoms with van der Waals surface area (Å²) in [6, 6.07) is 8.56. The predicted octanol–water partition coefficient (Wildman–Crippen LogP) is 2.13. The Bertz CT molecular complexity index is 740. The van der Waals surface area contributed by atoms with Crippen LogP contribution < -0.4 is 5.32 Å². The lowest BCUT2D eigenvalue weighted by Crippen LogP contribution is -2.20. The van der Waals surface area contributed by atoms with Gasteiger partial charge in [-0.25, -0.2) is 4.52 Å². The molecule has 0 bridgehead atoms. The highest BCUT2D eigenvalue weighted by Gasteiger charge is 2.17. The average Bonchev–Trinajstić information content (AvgIpc) is 3.08. The number of nitrogens with zero attached hydrogens (tertiary/aromatic N) is 4. The molecule has 1 atom stereocenters. The van der Waals surface area contributed by atoms with Gasteiger partial charge in [0.1, 0.15) is 0 Å². The first-order valence-electron chi connectivity index (χ1n) is 7.34. The SMILES string of the molecule is CCc1cc(CC(NC)c2cnn3ccccc23)n(C)n1. The Labute approximate surface area is 124 Å². The number of aromatic nitrogens is 4. The van der Waals surface area contributed by atoms with Gasteiger partial charge < -0.3 is 5.32 Å². The van der Waals surface area contributed by atoms with Crippen molar-refractivity contribution in [3.05, 3.63) is 53.6 Å². The molecule has 3 aromatic rings. The van der Waals surface area contributed by atoms with Gasteiger partial charge in [-0.05, 0) is 31.7 Å². The lowest BCUT2D eigenvalue weighted by Gasteiger charge is -2.15. The van der Waals surface area contributed by atoms with Crippen molar-refractivity contribution in [3.63, 3.8) is 0 Å². The zero-order valence-corrected chi connectivity index (χ0v) is 12.7. The van der Waals surface area contributed by atoms with Crippen molar-refractivity contribution in [2.24, 2.45) is 7.05 Å². The van der Waals surface area contributed by atoms with E-state index in [4.69, 9.17) is 0 Å². The van der Waals surface area contributed by atoms with E-state index >= 15 is 0 Å². The van der Waals surface area contributed by atoms with Crippen LogP contribution in [0.4, 0.5) is 0 Å². The molecule has 0 aliphatic rings. The predicted molar refractivity (Wildman–Crippen MR) is 83.3 cm³/mol. The minimum atomic E-state index is 0.227. The van der Waals surface area contributed by atoms with Crippen molar-refractivity contribution >= 4 is 5.52 Å². The average molecular weight is 283 g/mol. The fourth-order valence-corrected chi connectivity index (χ4v) is 2.73. The third-order valence-corrected chi connectivity index (χ3v) is 3.98. The number of rotatable bonds is 5. The Balaban J connectivity index is 1.93. The van der Waals surface area contributed by atoms with Crippen LogP contribution in [-0.2, 0) is 19.9 Å². The first kappa shape index (κ1) is 13.8. The van der Waals surface area contributed by atoms with Crippen molar-refractivity contribution < 1.29 is 0 Å². The van der Waals surface area contributed by atoms with Gasteiger partial charge in [0.25, 0.3) is 0 Å². The molecule has 0 spiro atoms. The Morgan fingerprint density at radius 1 is 1.33 bits per heavy atom. The molecule has 0 aliphatic carbocycles. The van der Waals surface area contributed by atoms with Crippen LogP contribution in [0.15, 0.2) is 36.7 Å². The zero-order valence-electron chi connectivity index (χ0n) is 12.7. The second-order valence-corrected chi connectivity index (χ2v) is 5.28. The fourth-order valence-electron chi connectivity index (χ4n) is 2.73. The van der Waals surface area contributed by atoms with Crippen LogP contribution >= 0.6 is 0 Å². The topological polar surface area (TPSA) is 47.2 Å². The molecule has 3 aromatic heterocycles. The summed E-state index contributed by atoms with van der Waals surface area (Å²) in [6.07, 6.45) is 5.80. The highest BCUT2D eigenvalue weighted by Crippen LogP contribution is 2.22. The number of hydrogen-bond acceptors (Lipinski definition) is 3. The zero-order chi connectivity index (χ0) is 14.8. The second kappa shape index (κ2) is 5.69. The van der Waals surface area contributed by atoms with E-state index in [1.54, 1.807) is 0 Å². The van der Waals surface area contributed by atoms with Crippen LogP contribution in [0.2, 0.25) is 0 Å². The van der Waals surface area contributed by atoms with Gasteiger partial charge in [-0.3, -0.25) is 4.68 Å². The Kier molecular flexibility index (Phi) is 3.75. The van der Waals surface area contributed by atoms with E-state index in [1.165, 1.54) is 11.3 Å². The molecule has 0 aliphatic heterocycles.